The van der Waals surface area contributed by atoms with Crippen molar-refractivity contribution in [1.82, 2.24) is 20.0 Å². The molecular formula is C19H30IN5O2. The number of aryl methyl sites for hydroxylation is 1. The van der Waals surface area contributed by atoms with Crippen LogP contribution in [0.1, 0.15) is 18.2 Å². The average Bonchev–Trinajstić information content (AvgIpc) is 3.07. The van der Waals surface area contributed by atoms with E-state index in [0.717, 1.165) is 42.7 Å². The van der Waals surface area contributed by atoms with E-state index in [0.29, 0.717) is 6.54 Å². The fraction of sp³-hybridized carbons (Fsp3) is 0.474. The van der Waals surface area contributed by atoms with Gasteiger partial charge in [0.25, 0.3) is 0 Å². The first-order valence-corrected chi connectivity index (χ1v) is 8.76. The van der Waals surface area contributed by atoms with Crippen molar-refractivity contribution in [2.75, 3.05) is 34.4 Å². The monoisotopic (exact) mass is 487 g/mol. The molecule has 1 aromatic heterocycles. The highest BCUT2D eigenvalue weighted by Crippen LogP contribution is 2.27. The summed E-state index contributed by atoms with van der Waals surface area (Å²) < 4.78 is 12.5. The van der Waals surface area contributed by atoms with Crippen LogP contribution in [-0.2, 0) is 20.0 Å². The fourth-order valence-corrected chi connectivity index (χ4v) is 2.62. The van der Waals surface area contributed by atoms with Crippen molar-refractivity contribution in [2.45, 2.75) is 19.9 Å². The van der Waals surface area contributed by atoms with Crippen LogP contribution in [0, 0.1) is 0 Å². The van der Waals surface area contributed by atoms with Crippen LogP contribution in [0.15, 0.2) is 35.5 Å². The molecular weight excluding hydrogens is 457 g/mol. The Labute approximate surface area is 178 Å². The molecule has 0 atom stereocenters. The van der Waals surface area contributed by atoms with E-state index in [-0.39, 0.29) is 24.0 Å². The SMILES string of the molecule is CCNC(=NCc1ccnn1C)N(C)CCc1ccc(OC)c(OC)c1.I. The van der Waals surface area contributed by atoms with Gasteiger partial charge in [-0.25, -0.2) is 4.99 Å². The van der Waals surface area contributed by atoms with Crippen molar-refractivity contribution in [2.24, 2.45) is 12.0 Å². The topological polar surface area (TPSA) is 63.9 Å². The van der Waals surface area contributed by atoms with Crippen LogP contribution in [0.5, 0.6) is 11.5 Å². The molecule has 0 unspecified atom stereocenters. The zero-order chi connectivity index (χ0) is 18.9. The van der Waals surface area contributed by atoms with Gasteiger partial charge in [-0.05, 0) is 37.1 Å². The van der Waals surface area contributed by atoms with Gasteiger partial charge in [0, 0.05) is 33.4 Å². The third-order valence-electron chi connectivity index (χ3n) is 4.19. The number of ether oxygens (including phenoxy) is 2. The number of halogens is 1. The lowest BCUT2D eigenvalue weighted by Crippen LogP contribution is -2.40. The van der Waals surface area contributed by atoms with E-state index in [2.05, 4.69) is 28.3 Å². The molecule has 1 N–H and O–H groups in total. The zero-order valence-corrected chi connectivity index (χ0v) is 19.1. The molecule has 1 aromatic carbocycles. The summed E-state index contributed by atoms with van der Waals surface area (Å²) in [6.45, 7) is 4.33. The second-order valence-electron chi connectivity index (χ2n) is 5.98. The van der Waals surface area contributed by atoms with Gasteiger partial charge in [0.2, 0.25) is 0 Å². The van der Waals surface area contributed by atoms with Gasteiger partial charge in [0.1, 0.15) is 0 Å². The fourth-order valence-electron chi connectivity index (χ4n) is 2.62. The summed E-state index contributed by atoms with van der Waals surface area (Å²) in [6, 6.07) is 8.01. The number of rotatable bonds is 8. The quantitative estimate of drug-likeness (QED) is 0.353. The Morgan fingerprint density at radius 2 is 1.96 bits per heavy atom. The van der Waals surface area contributed by atoms with Gasteiger partial charge in [-0.1, -0.05) is 6.07 Å². The molecule has 0 fully saturated rings. The Hall–Kier alpha value is -1.97. The third kappa shape index (κ3) is 6.60. The number of aromatic nitrogens is 2. The van der Waals surface area contributed by atoms with E-state index < -0.39 is 0 Å². The minimum Gasteiger partial charge on any atom is -0.493 e. The van der Waals surface area contributed by atoms with Gasteiger partial charge in [0.05, 0.1) is 26.5 Å². The molecule has 0 aliphatic carbocycles. The number of hydrogen-bond donors (Lipinski definition) is 1. The number of nitrogens with one attached hydrogen (secondary N) is 1. The Bertz CT molecular complexity index is 733. The second kappa shape index (κ2) is 11.7. The summed E-state index contributed by atoms with van der Waals surface area (Å²) in [5.41, 5.74) is 2.27. The maximum atomic E-state index is 5.38. The van der Waals surface area contributed by atoms with Gasteiger partial charge in [-0.3, -0.25) is 4.68 Å². The Morgan fingerprint density at radius 1 is 1.22 bits per heavy atom. The molecule has 0 saturated carbocycles. The molecule has 0 aliphatic rings. The average molecular weight is 487 g/mol. The van der Waals surface area contributed by atoms with Crippen molar-refractivity contribution < 1.29 is 9.47 Å². The van der Waals surface area contributed by atoms with E-state index in [1.54, 1.807) is 20.4 Å². The largest absolute Gasteiger partial charge is 0.493 e. The number of guanidine groups is 1. The van der Waals surface area contributed by atoms with Crippen molar-refractivity contribution in [1.29, 1.82) is 0 Å². The van der Waals surface area contributed by atoms with Crippen molar-refractivity contribution in [3.05, 3.63) is 41.7 Å². The molecule has 150 valence electrons. The van der Waals surface area contributed by atoms with E-state index in [1.165, 1.54) is 5.56 Å². The highest BCUT2D eigenvalue weighted by molar-refractivity contribution is 14.0. The first-order valence-electron chi connectivity index (χ1n) is 8.76. The molecule has 0 aliphatic heterocycles. The molecule has 8 heteroatoms. The molecule has 0 bridgehead atoms. The van der Waals surface area contributed by atoms with E-state index in [4.69, 9.17) is 14.5 Å². The van der Waals surface area contributed by atoms with Gasteiger partial charge >= 0.3 is 0 Å². The van der Waals surface area contributed by atoms with Crippen LogP contribution in [0.25, 0.3) is 0 Å². The van der Waals surface area contributed by atoms with Crippen LogP contribution >= 0.6 is 24.0 Å². The van der Waals surface area contributed by atoms with Crippen LogP contribution < -0.4 is 14.8 Å². The van der Waals surface area contributed by atoms with Crippen LogP contribution in [0.3, 0.4) is 0 Å². The Morgan fingerprint density at radius 3 is 2.56 bits per heavy atom. The predicted octanol–water partition coefficient (Wildman–Crippen LogP) is 2.70. The van der Waals surface area contributed by atoms with Crippen LogP contribution in [0.4, 0.5) is 0 Å². The highest BCUT2D eigenvalue weighted by Gasteiger charge is 2.09. The number of nitrogens with zero attached hydrogens (tertiary/aromatic N) is 4. The molecule has 2 aromatic rings. The maximum absolute atomic E-state index is 5.38. The second-order valence-corrected chi connectivity index (χ2v) is 5.98. The van der Waals surface area contributed by atoms with Gasteiger partial charge in [-0.15, -0.1) is 24.0 Å². The summed E-state index contributed by atoms with van der Waals surface area (Å²) in [5, 5.41) is 7.53. The molecule has 0 radical (unpaired) electrons. The molecule has 7 nitrogen and oxygen atoms in total. The normalized spacial score (nSPS) is 10.9. The lowest BCUT2D eigenvalue weighted by Gasteiger charge is -2.22. The predicted molar refractivity (Wildman–Crippen MR) is 119 cm³/mol. The van der Waals surface area contributed by atoms with E-state index in [1.807, 2.05) is 37.0 Å². The third-order valence-corrected chi connectivity index (χ3v) is 4.19. The molecule has 0 spiro atoms. The maximum Gasteiger partial charge on any atom is 0.194 e. The standard InChI is InChI=1S/C19H29N5O2.HI/c1-6-20-19(21-14-16-9-11-22-24(16)3)23(2)12-10-15-7-8-17(25-4)18(13-15)26-5;/h7-9,11,13H,6,10,12,14H2,1-5H3,(H,20,21);1H. The molecule has 0 saturated heterocycles. The number of methoxy groups -OCH3 is 2. The lowest BCUT2D eigenvalue weighted by atomic mass is 10.1. The minimum atomic E-state index is 0. The summed E-state index contributed by atoms with van der Waals surface area (Å²) in [5.74, 6) is 2.38. The van der Waals surface area contributed by atoms with Crippen molar-refractivity contribution in [3.8, 4) is 11.5 Å². The molecule has 1 heterocycles. The number of aliphatic imine (C=N–C) groups is 1. The van der Waals surface area contributed by atoms with Crippen molar-refractivity contribution >= 4 is 29.9 Å². The highest BCUT2D eigenvalue weighted by atomic mass is 127. The Balaban J connectivity index is 0.00000364. The molecule has 0 amide bonds. The Kier molecular flexibility index (Phi) is 9.98. The number of likely N-dealkylation sites (N-methyl/N-ethyl adjacent to an activating group) is 1. The lowest BCUT2D eigenvalue weighted by molar-refractivity contribution is 0.354. The van der Waals surface area contributed by atoms with Gasteiger partial charge in [-0.2, -0.15) is 5.10 Å². The van der Waals surface area contributed by atoms with Gasteiger partial charge < -0.3 is 19.7 Å². The number of benzene rings is 1. The van der Waals surface area contributed by atoms with E-state index >= 15 is 0 Å². The molecule has 2 rings (SSSR count). The molecule has 27 heavy (non-hydrogen) atoms. The summed E-state index contributed by atoms with van der Waals surface area (Å²) >= 11 is 0. The summed E-state index contributed by atoms with van der Waals surface area (Å²) in [7, 11) is 7.28. The van der Waals surface area contributed by atoms with Gasteiger partial charge in [0.15, 0.2) is 17.5 Å². The first-order chi connectivity index (χ1) is 12.6. The first kappa shape index (κ1) is 23.1. The van der Waals surface area contributed by atoms with Crippen molar-refractivity contribution in [3.63, 3.8) is 0 Å². The zero-order valence-electron chi connectivity index (χ0n) is 16.7. The smallest absolute Gasteiger partial charge is 0.194 e. The summed E-state index contributed by atoms with van der Waals surface area (Å²) in [6.07, 6.45) is 2.67. The van der Waals surface area contributed by atoms with Crippen LogP contribution in [-0.4, -0.2) is 55.0 Å². The number of hydrogen-bond acceptors (Lipinski definition) is 4. The van der Waals surface area contributed by atoms with E-state index in [9.17, 15) is 0 Å². The summed E-state index contributed by atoms with van der Waals surface area (Å²) in [4.78, 5) is 6.85. The minimum absolute atomic E-state index is 0. The van der Waals surface area contributed by atoms with Crippen LogP contribution in [0.2, 0.25) is 0 Å².